The molecule has 1 aliphatic carbocycles. The molecule has 1 N–H and O–H groups in total. The Balaban J connectivity index is 1.28. The molecule has 5 rings (SSSR count). The van der Waals surface area contributed by atoms with Gasteiger partial charge >= 0.3 is 0 Å². The summed E-state index contributed by atoms with van der Waals surface area (Å²) in [7, 11) is 0. The van der Waals surface area contributed by atoms with Crippen LogP contribution < -0.4 is 14.8 Å². The predicted molar refractivity (Wildman–Crippen MR) is 118 cm³/mol. The predicted octanol–water partition coefficient (Wildman–Crippen LogP) is 4.60. The van der Waals surface area contributed by atoms with E-state index in [0.717, 1.165) is 41.5 Å². The van der Waals surface area contributed by atoms with Gasteiger partial charge in [0, 0.05) is 18.3 Å². The second-order valence-electron chi connectivity index (χ2n) is 7.99. The molecule has 3 aromatic rings. The van der Waals surface area contributed by atoms with Crippen molar-refractivity contribution in [2.24, 2.45) is 0 Å². The SMILES string of the molecule is O=C(Nc1ccc(F)cc1)c1nnc(CN(Cc2ccc3c(c2)OCO3)C2CCCC2)s1. The second-order valence-corrected chi connectivity index (χ2v) is 9.05. The summed E-state index contributed by atoms with van der Waals surface area (Å²) in [4.78, 5) is 14.9. The van der Waals surface area contributed by atoms with Gasteiger partial charge in [0.25, 0.3) is 5.91 Å². The lowest BCUT2D eigenvalue weighted by molar-refractivity contribution is 0.102. The number of amides is 1. The van der Waals surface area contributed by atoms with Crippen molar-refractivity contribution < 1.29 is 18.7 Å². The Morgan fingerprint density at radius 2 is 1.84 bits per heavy atom. The molecule has 9 heteroatoms. The molecular formula is C23H23FN4O3S. The van der Waals surface area contributed by atoms with Crippen molar-refractivity contribution in [2.45, 2.75) is 44.8 Å². The van der Waals surface area contributed by atoms with Crippen LogP contribution in [-0.4, -0.2) is 33.8 Å². The third-order valence-corrected chi connectivity index (χ3v) is 6.67. The number of aromatic nitrogens is 2. The van der Waals surface area contributed by atoms with E-state index in [4.69, 9.17) is 9.47 Å². The van der Waals surface area contributed by atoms with E-state index in [9.17, 15) is 9.18 Å². The van der Waals surface area contributed by atoms with Gasteiger partial charge in [-0.2, -0.15) is 0 Å². The van der Waals surface area contributed by atoms with Crippen LogP contribution in [0, 0.1) is 5.82 Å². The maximum Gasteiger partial charge on any atom is 0.286 e. The quantitative estimate of drug-likeness (QED) is 0.562. The Kier molecular flexibility index (Phi) is 6.00. The monoisotopic (exact) mass is 454 g/mol. The third-order valence-electron chi connectivity index (χ3n) is 5.77. The van der Waals surface area contributed by atoms with E-state index >= 15 is 0 Å². The molecule has 0 unspecified atom stereocenters. The molecular weight excluding hydrogens is 431 g/mol. The average molecular weight is 455 g/mol. The van der Waals surface area contributed by atoms with Gasteiger partial charge in [0.15, 0.2) is 11.5 Å². The number of nitrogens with one attached hydrogen (secondary N) is 1. The average Bonchev–Trinajstić information content (AvgIpc) is 3.56. The van der Waals surface area contributed by atoms with Crippen LogP contribution in [0.4, 0.5) is 10.1 Å². The smallest absolute Gasteiger partial charge is 0.286 e. The highest BCUT2D eigenvalue weighted by Crippen LogP contribution is 2.34. The van der Waals surface area contributed by atoms with Gasteiger partial charge in [-0.1, -0.05) is 30.2 Å². The first kappa shape index (κ1) is 20.8. The van der Waals surface area contributed by atoms with Crippen molar-refractivity contribution in [2.75, 3.05) is 12.1 Å². The van der Waals surface area contributed by atoms with Crippen LogP contribution in [-0.2, 0) is 13.1 Å². The number of rotatable bonds is 7. The van der Waals surface area contributed by atoms with Gasteiger partial charge in [-0.15, -0.1) is 10.2 Å². The molecule has 32 heavy (non-hydrogen) atoms. The summed E-state index contributed by atoms with van der Waals surface area (Å²) < 4.78 is 24.0. The fourth-order valence-corrected chi connectivity index (χ4v) is 4.92. The van der Waals surface area contributed by atoms with Gasteiger partial charge in [0.1, 0.15) is 10.8 Å². The summed E-state index contributed by atoms with van der Waals surface area (Å²) in [5, 5.41) is 12.2. The number of ether oxygens (including phenoxy) is 2. The Hall–Kier alpha value is -3.04. The minimum absolute atomic E-state index is 0.263. The molecule has 1 fully saturated rings. The summed E-state index contributed by atoms with van der Waals surface area (Å²) >= 11 is 1.29. The number of benzene rings is 2. The maximum atomic E-state index is 13.1. The number of nitrogens with zero attached hydrogens (tertiary/aromatic N) is 3. The number of anilines is 1. The number of halogens is 1. The molecule has 7 nitrogen and oxygen atoms in total. The van der Waals surface area contributed by atoms with Crippen LogP contribution in [0.5, 0.6) is 11.5 Å². The van der Waals surface area contributed by atoms with Gasteiger partial charge < -0.3 is 14.8 Å². The van der Waals surface area contributed by atoms with E-state index in [1.54, 1.807) is 0 Å². The van der Waals surface area contributed by atoms with Gasteiger partial charge in [-0.25, -0.2) is 4.39 Å². The molecule has 1 aliphatic heterocycles. The molecule has 1 amide bonds. The van der Waals surface area contributed by atoms with Crippen LogP contribution in [0.25, 0.3) is 0 Å². The lowest BCUT2D eigenvalue weighted by Gasteiger charge is -2.28. The van der Waals surface area contributed by atoms with Gasteiger partial charge in [-0.05, 0) is 54.8 Å². The molecule has 1 saturated carbocycles. The Morgan fingerprint density at radius 1 is 1.06 bits per heavy atom. The Bertz CT molecular complexity index is 1100. The Morgan fingerprint density at radius 3 is 2.66 bits per heavy atom. The van der Waals surface area contributed by atoms with E-state index in [-0.39, 0.29) is 18.5 Å². The van der Waals surface area contributed by atoms with Crippen LogP contribution in [0.2, 0.25) is 0 Å². The normalized spacial score (nSPS) is 15.4. The molecule has 2 aliphatic rings. The number of hydrogen-bond acceptors (Lipinski definition) is 7. The molecule has 0 spiro atoms. The van der Waals surface area contributed by atoms with Crippen molar-refractivity contribution in [3.63, 3.8) is 0 Å². The van der Waals surface area contributed by atoms with Crippen LogP contribution >= 0.6 is 11.3 Å². The highest BCUT2D eigenvalue weighted by molar-refractivity contribution is 7.13. The first-order chi connectivity index (χ1) is 15.6. The van der Waals surface area contributed by atoms with Crippen molar-refractivity contribution >= 4 is 22.9 Å². The highest BCUT2D eigenvalue weighted by atomic mass is 32.1. The topological polar surface area (TPSA) is 76.6 Å². The number of fused-ring (bicyclic) bond motifs is 1. The van der Waals surface area contributed by atoms with Crippen molar-refractivity contribution in [3.8, 4) is 11.5 Å². The summed E-state index contributed by atoms with van der Waals surface area (Å²) in [5.74, 6) is 0.867. The number of hydrogen-bond donors (Lipinski definition) is 1. The van der Waals surface area contributed by atoms with E-state index in [1.807, 2.05) is 12.1 Å². The lowest BCUT2D eigenvalue weighted by Crippen LogP contribution is -2.32. The third kappa shape index (κ3) is 4.73. The van der Waals surface area contributed by atoms with Crippen molar-refractivity contribution in [3.05, 3.63) is 63.9 Å². The summed E-state index contributed by atoms with van der Waals surface area (Å²) in [5.41, 5.74) is 1.67. The zero-order valence-corrected chi connectivity index (χ0v) is 18.2. The van der Waals surface area contributed by atoms with E-state index in [0.29, 0.717) is 23.3 Å². The molecule has 0 atom stereocenters. The van der Waals surface area contributed by atoms with E-state index in [2.05, 4.69) is 26.5 Å². The molecule has 0 bridgehead atoms. The minimum atomic E-state index is -0.351. The summed E-state index contributed by atoms with van der Waals surface area (Å²) in [6.07, 6.45) is 4.76. The molecule has 166 valence electrons. The van der Waals surface area contributed by atoms with Crippen molar-refractivity contribution in [1.82, 2.24) is 15.1 Å². The maximum absolute atomic E-state index is 13.1. The molecule has 1 aromatic heterocycles. The molecule has 0 radical (unpaired) electrons. The number of carbonyl (C=O) groups is 1. The standard InChI is InChI=1S/C23H23FN4O3S/c24-16-6-8-17(9-7-16)25-22(29)23-27-26-21(32-23)13-28(18-3-1-2-4-18)12-15-5-10-19-20(11-15)31-14-30-19/h5-11,18H,1-4,12-14H2,(H,25,29). The minimum Gasteiger partial charge on any atom is -0.454 e. The van der Waals surface area contributed by atoms with E-state index < -0.39 is 0 Å². The molecule has 0 saturated heterocycles. The zero-order valence-electron chi connectivity index (χ0n) is 17.4. The van der Waals surface area contributed by atoms with Crippen LogP contribution in [0.1, 0.15) is 46.1 Å². The van der Waals surface area contributed by atoms with E-state index in [1.165, 1.54) is 48.4 Å². The fraction of sp³-hybridized carbons (Fsp3) is 0.348. The van der Waals surface area contributed by atoms with Crippen LogP contribution in [0.15, 0.2) is 42.5 Å². The second kappa shape index (κ2) is 9.22. The van der Waals surface area contributed by atoms with Crippen molar-refractivity contribution in [1.29, 1.82) is 0 Å². The largest absolute Gasteiger partial charge is 0.454 e. The van der Waals surface area contributed by atoms with Gasteiger partial charge in [0.05, 0.1) is 6.54 Å². The molecule has 2 heterocycles. The molecule has 2 aromatic carbocycles. The Labute approximate surface area is 189 Å². The first-order valence-corrected chi connectivity index (χ1v) is 11.5. The zero-order chi connectivity index (χ0) is 21.9. The van der Waals surface area contributed by atoms with Gasteiger partial charge in [0.2, 0.25) is 11.8 Å². The highest BCUT2D eigenvalue weighted by Gasteiger charge is 2.25. The van der Waals surface area contributed by atoms with Crippen LogP contribution in [0.3, 0.4) is 0 Å². The summed E-state index contributed by atoms with van der Waals surface area (Å²) in [6.45, 7) is 1.65. The summed E-state index contributed by atoms with van der Waals surface area (Å²) in [6, 6.07) is 12.2. The lowest BCUT2D eigenvalue weighted by atomic mass is 10.1. The van der Waals surface area contributed by atoms with Gasteiger partial charge in [-0.3, -0.25) is 9.69 Å². The fourth-order valence-electron chi connectivity index (χ4n) is 4.16. The first-order valence-electron chi connectivity index (χ1n) is 10.7. The number of carbonyl (C=O) groups excluding carboxylic acids is 1.